The molecule has 70 valence electrons. The van der Waals surface area contributed by atoms with Crippen molar-refractivity contribution in [2.45, 2.75) is 0 Å². The van der Waals surface area contributed by atoms with E-state index in [0.717, 1.165) is 0 Å². The van der Waals surface area contributed by atoms with Crippen molar-refractivity contribution in [3.63, 3.8) is 0 Å². The predicted octanol–water partition coefficient (Wildman–Crippen LogP) is 2.61. The summed E-state index contributed by atoms with van der Waals surface area (Å²) in [7, 11) is 0. The molecule has 0 aliphatic carbocycles. The molecule has 0 bridgehead atoms. The number of carbonyl (C=O) groups excluding carboxylic acids is 1. The van der Waals surface area contributed by atoms with Crippen molar-refractivity contribution in [3.05, 3.63) is 35.1 Å². The Morgan fingerprint density at radius 1 is 1.23 bits per heavy atom. The number of carbonyl (C=O) groups is 1. The summed E-state index contributed by atoms with van der Waals surface area (Å²) in [6, 6.07) is 0.817. The standard InChI is InChI=1S/C7H2F3IO2/c8-3-1-4(9)6(5(10)2-3)7(12)13-11/h1-2H. The first kappa shape index (κ1) is 10.3. The number of hydrogen-bond acceptors (Lipinski definition) is 2. The van der Waals surface area contributed by atoms with Gasteiger partial charge in [-0.3, -0.25) is 0 Å². The fraction of sp³-hybridized carbons (Fsp3) is 0. The summed E-state index contributed by atoms with van der Waals surface area (Å²) in [4.78, 5) is 10.7. The van der Waals surface area contributed by atoms with E-state index < -0.39 is 29.0 Å². The third kappa shape index (κ3) is 2.11. The highest BCUT2D eigenvalue weighted by molar-refractivity contribution is 14.1. The summed E-state index contributed by atoms with van der Waals surface area (Å²) >= 11 is 1.18. The van der Waals surface area contributed by atoms with E-state index in [9.17, 15) is 18.0 Å². The van der Waals surface area contributed by atoms with Gasteiger partial charge < -0.3 is 3.07 Å². The van der Waals surface area contributed by atoms with Crippen LogP contribution in [0.4, 0.5) is 13.2 Å². The average molecular weight is 302 g/mol. The maximum Gasteiger partial charge on any atom is 0.353 e. The molecule has 0 spiro atoms. The minimum atomic E-state index is -1.28. The quantitative estimate of drug-likeness (QED) is 0.745. The predicted molar refractivity (Wildman–Crippen MR) is 45.8 cm³/mol. The van der Waals surface area contributed by atoms with Crippen molar-refractivity contribution in [1.82, 2.24) is 0 Å². The molecule has 0 unspecified atom stereocenters. The van der Waals surface area contributed by atoms with Crippen LogP contribution in [0.25, 0.3) is 0 Å². The van der Waals surface area contributed by atoms with Crippen molar-refractivity contribution in [2.75, 3.05) is 0 Å². The fourth-order valence-corrected chi connectivity index (χ4v) is 0.996. The molecule has 0 saturated heterocycles. The van der Waals surface area contributed by atoms with E-state index in [1.54, 1.807) is 0 Å². The van der Waals surface area contributed by atoms with Crippen LogP contribution in [0, 0.1) is 17.5 Å². The molecule has 1 aromatic rings. The Morgan fingerprint density at radius 2 is 1.69 bits per heavy atom. The topological polar surface area (TPSA) is 26.3 Å². The van der Waals surface area contributed by atoms with Gasteiger partial charge in [0.05, 0.1) is 0 Å². The normalized spacial score (nSPS) is 9.85. The van der Waals surface area contributed by atoms with E-state index in [0.29, 0.717) is 12.1 Å². The van der Waals surface area contributed by atoms with Crippen LogP contribution in [-0.2, 0) is 3.07 Å². The summed E-state index contributed by atoms with van der Waals surface area (Å²) < 4.78 is 41.9. The second-order valence-electron chi connectivity index (χ2n) is 2.11. The van der Waals surface area contributed by atoms with Crippen LogP contribution >= 0.6 is 23.0 Å². The molecule has 1 aromatic carbocycles. The Bertz CT molecular complexity index is 331. The Kier molecular flexibility index (Phi) is 3.12. The molecule has 0 aliphatic rings. The van der Waals surface area contributed by atoms with Crippen LogP contribution in [0.3, 0.4) is 0 Å². The van der Waals surface area contributed by atoms with Crippen molar-refractivity contribution >= 4 is 29.0 Å². The molecule has 13 heavy (non-hydrogen) atoms. The molecule has 0 amide bonds. The highest BCUT2D eigenvalue weighted by atomic mass is 127. The summed E-state index contributed by atoms with van der Waals surface area (Å²) in [6.45, 7) is 0. The second kappa shape index (κ2) is 3.95. The van der Waals surface area contributed by atoms with Gasteiger partial charge in [0.15, 0.2) is 23.0 Å². The van der Waals surface area contributed by atoms with Gasteiger partial charge in [-0.05, 0) is 0 Å². The molecule has 0 aliphatic heterocycles. The van der Waals surface area contributed by atoms with Gasteiger partial charge >= 0.3 is 5.97 Å². The molecule has 0 fully saturated rings. The van der Waals surface area contributed by atoms with E-state index in [-0.39, 0.29) is 0 Å². The first-order chi connectivity index (χ1) is 6.06. The average Bonchev–Trinajstić information content (AvgIpc) is 2.02. The van der Waals surface area contributed by atoms with Crippen LogP contribution in [-0.4, -0.2) is 5.97 Å². The summed E-state index contributed by atoms with van der Waals surface area (Å²) in [5.74, 6) is -4.83. The van der Waals surface area contributed by atoms with Gasteiger partial charge in [-0.25, -0.2) is 18.0 Å². The SMILES string of the molecule is O=C(OI)c1c(F)cc(F)cc1F. The minimum absolute atomic E-state index is 0.409. The first-order valence-electron chi connectivity index (χ1n) is 3.03. The molecule has 2 nitrogen and oxygen atoms in total. The Hall–Kier alpha value is -0.790. The molecule has 6 heteroatoms. The van der Waals surface area contributed by atoms with Crippen molar-refractivity contribution < 1.29 is 21.0 Å². The Balaban J connectivity index is 3.28. The van der Waals surface area contributed by atoms with Gasteiger partial charge in [0, 0.05) is 12.1 Å². The fourth-order valence-electron chi connectivity index (χ4n) is 0.776. The van der Waals surface area contributed by atoms with Gasteiger partial charge in [0.2, 0.25) is 0 Å². The van der Waals surface area contributed by atoms with Crippen molar-refractivity contribution in [3.8, 4) is 0 Å². The van der Waals surface area contributed by atoms with Crippen molar-refractivity contribution in [2.24, 2.45) is 0 Å². The van der Waals surface area contributed by atoms with E-state index in [4.69, 9.17) is 0 Å². The van der Waals surface area contributed by atoms with Gasteiger partial charge in [0.25, 0.3) is 0 Å². The van der Waals surface area contributed by atoms with Gasteiger partial charge in [-0.1, -0.05) is 0 Å². The molecular formula is C7H2F3IO2. The molecule has 0 radical (unpaired) electrons. The summed E-state index contributed by atoms with van der Waals surface area (Å²) in [5, 5.41) is 0. The van der Waals surface area contributed by atoms with E-state index in [2.05, 4.69) is 3.07 Å². The van der Waals surface area contributed by atoms with Crippen LogP contribution < -0.4 is 0 Å². The van der Waals surface area contributed by atoms with E-state index in [1.807, 2.05) is 0 Å². The summed E-state index contributed by atoms with van der Waals surface area (Å²) in [5.41, 5.74) is -0.893. The monoisotopic (exact) mass is 302 g/mol. The lowest BCUT2D eigenvalue weighted by atomic mass is 10.2. The largest absolute Gasteiger partial charge is 0.391 e. The Labute approximate surface area is 85.4 Å². The lowest BCUT2D eigenvalue weighted by molar-refractivity contribution is 0.0790. The van der Waals surface area contributed by atoms with Crippen LogP contribution in [0.1, 0.15) is 10.4 Å². The maximum absolute atomic E-state index is 12.8. The van der Waals surface area contributed by atoms with Gasteiger partial charge in [0.1, 0.15) is 23.0 Å². The number of halogens is 4. The number of rotatable bonds is 1. The number of benzene rings is 1. The van der Waals surface area contributed by atoms with Gasteiger partial charge in [-0.2, -0.15) is 0 Å². The molecule has 0 N–H and O–H groups in total. The third-order valence-electron chi connectivity index (χ3n) is 1.28. The third-order valence-corrected chi connectivity index (χ3v) is 1.68. The molecule has 0 aromatic heterocycles. The minimum Gasteiger partial charge on any atom is -0.391 e. The molecule has 0 heterocycles. The summed E-state index contributed by atoms with van der Waals surface area (Å²) in [6.07, 6.45) is 0. The molecular weight excluding hydrogens is 300 g/mol. The molecule has 0 saturated carbocycles. The molecule has 0 atom stereocenters. The number of hydrogen-bond donors (Lipinski definition) is 0. The van der Waals surface area contributed by atoms with E-state index >= 15 is 0 Å². The van der Waals surface area contributed by atoms with E-state index in [1.165, 1.54) is 23.0 Å². The lowest BCUT2D eigenvalue weighted by Crippen LogP contribution is -2.06. The lowest BCUT2D eigenvalue weighted by Gasteiger charge is -2.00. The zero-order chi connectivity index (χ0) is 10.0. The zero-order valence-electron chi connectivity index (χ0n) is 5.98. The van der Waals surface area contributed by atoms with Gasteiger partial charge in [-0.15, -0.1) is 0 Å². The van der Waals surface area contributed by atoms with Crippen LogP contribution in [0.2, 0.25) is 0 Å². The first-order valence-corrected chi connectivity index (χ1v) is 3.91. The van der Waals surface area contributed by atoms with Crippen LogP contribution in [0.15, 0.2) is 12.1 Å². The maximum atomic E-state index is 12.8. The van der Waals surface area contributed by atoms with Crippen LogP contribution in [0.5, 0.6) is 0 Å². The smallest absolute Gasteiger partial charge is 0.353 e. The second-order valence-corrected chi connectivity index (χ2v) is 2.55. The highest BCUT2D eigenvalue weighted by Crippen LogP contribution is 2.16. The van der Waals surface area contributed by atoms with Crippen molar-refractivity contribution in [1.29, 1.82) is 0 Å². The molecule has 1 rings (SSSR count). The zero-order valence-corrected chi connectivity index (χ0v) is 8.14. The Morgan fingerprint density at radius 3 is 2.08 bits per heavy atom. The highest BCUT2D eigenvalue weighted by Gasteiger charge is 2.19.